The molecule has 2 heteroatoms. The van der Waals surface area contributed by atoms with E-state index in [1.165, 1.54) is 21.9 Å². The molecule has 0 atom stereocenters. The summed E-state index contributed by atoms with van der Waals surface area (Å²) in [6, 6.07) is 27.6. The maximum atomic E-state index is 6.25. The average Bonchev–Trinajstić information content (AvgIpc) is 2.68. The second kappa shape index (κ2) is 6.13. The quantitative estimate of drug-likeness (QED) is 0.347. The second-order valence-electron chi connectivity index (χ2n) is 8.43. The Labute approximate surface area is 165 Å². The number of fused-ring (bicyclic) bond motifs is 2. The van der Waals surface area contributed by atoms with E-state index in [4.69, 9.17) is 4.74 Å². The molecule has 4 aromatic carbocycles. The lowest BCUT2D eigenvalue weighted by Gasteiger charge is -2.22. The van der Waals surface area contributed by atoms with E-state index in [2.05, 4.69) is 92.8 Å². The van der Waals surface area contributed by atoms with Crippen molar-refractivity contribution < 1.29 is 4.74 Å². The molecule has 4 aromatic rings. The Bertz CT molecular complexity index is 1180. The molecule has 0 spiro atoms. The van der Waals surface area contributed by atoms with Crippen LogP contribution in [0.4, 0.5) is 11.4 Å². The molecule has 0 unspecified atom stereocenters. The van der Waals surface area contributed by atoms with Gasteiger partial charge < -0.3 is 10.1 Å². The van der Waals surface area contributed by atoms with Crippen molar-refractivity contribution in [1.82, 2.24) is 0 Å². The summed E-state index contributed by atoms with van der Waals surface area (Å²) >= 11 is 0. The summed E-state index contributed by atoms with van der Waals surface area (Å²) in [6.07, 6.45) is 0. The molecule has 0 radical (unpaired) electrons. The van der Waals surface area contributed by atoms with Crippen molar-refractivity contribution in [2.75, 3.05) is 5.32 Å². The van der Waals surface area contributed by atoms with Gasteiger partial charge in [0.15, 0.2) is 0 Å². The third-order valence-electron chi connectivity index (χ3n) is 5.40. The lowest BCUT2D eigenvalue weighted by atomic mass is 9.87. The molecule has 1 aliphatic rings. The third-order valence-corrected chi connectivity index (χ3v) is 5.40. The molecule has 0 bridgehead atoms. The number of hydrogen-bond donors (Lipinski definition) is 1. The Morgan fingerprint density at radius 3 is 2.14 bits per heavy atom. The first-order valence-electron chi connectivity index (χ1n) is 9.71. The van der Waals surface area contributed by atoms with Crippen LogP contribution in [-0.2, 0) is 5.41 Å². The van der Waals surface area contributed by atoms with Crippen molar-refractivity contribution >= 4 is 22.1 Å². The number of anilines is 2. The Balaban J connectivity index is 1.49. The molecule has 0 fully saturated rings. The van der Waals surface area contributed by atoms with Gasteiger partial charge in [-0.15, -0.1) is 0 Å². The van der Waals surface area contributed by atoms with E-state index in [0.717, 1.165) is 28.4 Å². The smallest absolute Gasteiger partial charge is 0.137 e. The van der Waals surface area contributed by atoms with E-state index in [1.54, 1.807) is 0 Å². The Kier molecular flexibility index (Phi) is 3.70. The van der Waals surface area contributed by atoms with Crippen molar-refractivity contribution in [2.45, 2.75) is 26.2 Å². The molecule has 138 valence electrons. The normalized spacial score (nSPS) is 12.4. The lowest BCUT2D eigenvalue weighted by Crippen LogP contribution is -2.10. The fourth-order valence-corrected chi connectivity index (χ4v) is 3.86. The van der Waals surface area contributed by atoms with Crippen LogP contribution in [0.2, 0.25) is 0 Å². The second-order valence-corrected chi connectivity index (χ2v) is 8.43. The number of rotatable bonds is 2. The molecule has 28 heavy (non-hydrogen) atoms. The van der Waals surface area contributed by atoms with E-state index in [-0.39, 0.29) is 5.41 Å². The molecule has 0 amide bonds. The summed E-state index contributed by atoms with van der Waals surface area (Å²) in [6.45, 7) is 6.69. The minimum Gasteiger partial charge on any atom is -0.456 e. The molecule has 0 aliphatic carbocycles. The molecular weight excluding hydrogens is 342 g/mol. The first-order valence-corrected chi connectivity index (χ1v) is 9.71. The highest BCUT2D eigenvalue weighted by atomic mass is 16.5. The standard InChI is InChI=1S/C26H23NO/c1-26(2,3)18-10-12-19(13-11-18)27-20-14-15-21-22-8-4-6-17-7-5-9-23(25(17)22)28-24(21)16-20/h4-16,27H,1-3H3. The number of benzene rings is 4. The SMILES string of the molecule is CC(C)(C)c1ccc(Nc2ccc3c(c2)Oc2cccc4cccc-3c24)cc1. The first-order chi connectivity index (χ1) is 13.5. The van der Waals surface area contributed by atoms with Crippen molar-refractivity contribution in [1.29, 1.82) is 0 Å². The maximum absolute atomic E-state index is 6.25. The summed E-state index contributed by atoms with van der Waals surface area (Å²) < 4.78 is 6.25. The van der Waals surface area contributed by atoms with Crippen LogP contribution < -0.4 is 10.1 Å². The van der Waals surface area contributed by atoms with Gasteiger partial charge in [-0.2, -0.15) is 0 Å². The van der Waals surface area contributed by atoms with Gasteiger partial charge in [-0.25, -0.2) is 0 Å². The van der Waals surface area contributed by atoms with Crippen LogP contribution in [0.3, 0.4) is 0 Å². The summed E-state index contributed by atoms with van der Waals surface area (Å²) in [5.74, 6) is 1.81. The highest BCUT2D eigenvalue weighted by Crippen LogP contribution is 2.47. The monoisotopic (exact) mass is 365 g/mol. The van der Waals surface area contributed by atoms with E-state index in [9.17, 15) is 0 Å². The Hall–Kier alpha value is -3.26. The fraction of sp³-hybridized carbons (Fsp3) is 0.154. The maximum Gasteiger partial charge on any atom is 0.137 e. The molecule has 1 heterocycles. The van der Waals surface area contributed by atoms with Crippen LogP contribution in [0, 0.1) is 0 Å². The molecule has 0 aromatic heterocycles. The zero-order chi connectivity index (χ0) is 19.3. The largest absolute Gasteiger partial charge is 0.456 e. The number of ether oxygens (including phenoxy) is 1. The molecule has 5 rings (SSSR count). The van der Waals surface area contributed by atoms with E-state index >= 15 is 0 Å². The fourth-order valence-electron chi connectivity index (χ4n) is 3.86. The molecule has 1 aliphatic heterocycles. The topological polar surface area (TPSA) is 21.3 Å². The van der Waals surface area contributed by atoms with Crippen LogP contribution in [0.25, 0.3) is 21.9 Å². The van der Waals surface area contributed by atoms with Gasteiger partial charge >= 0.3 is 0 Å². The Morgan fingerprint density at radius 2 is 1.39 bits per heavy atom. The first kappa shape index (κ1) is 16.9. The highest BCUT2D eigenvalue weighted by molar-refractivity contribution is 6.04. The summed E-state index contributed by atoms with van der Waals surface area (Å²) in [5.41, 5.74) is 5.96. The molecular formula is C26H23NO. The minimum atomic E-state index is 0.159. The zero-order valence-electron chi connectivity index (χ0n) is 16.4. The van der Waals surface area contributed by atoms with E-state index < -0.39 is 0 Å². The molecule has 2 nitrogen and oxygen atoms in total. The van der Waals surface area contributed by atoms with Gasteiger partial charge in [-0.3, -0.25) is 0 Å². The predicted octanol–water partition coefficient (Wildman–Crippen LogP) is 7.65. The number of nitrogens with one attached hydrogen (secondary N) is 1. The zero-order valence-corrected chi connectivity index (χ0v) is 16.4. The molecule has 0 saturated heterocycles. The summed E-state index contributed by atoms with van der Waals surface area (Å²) in [4.78, 5) is 0. The van der Waals surface area contributed by atoms with Crippen LogP contribution >= 0.6 is 0 Å². The van der Waals surface area contributed by atoms with Crippen molar-refractivity contribution in [3.8, 4) is 22.6 Å². The molecule has 0 saturated carbocycles. The highest BCUT2D eigenvalue weighted by Gasteiger charge is 2.20. The van der Waals surface area contributed by atoms with Crippen LogP contribution in [0.15, 0.2) is 78.9 Å². The van der Waals surface area contributed by atoms with Gasteiger partial charge in [0.25, 0.3) is 0 Å². The van der Waals surface area contributed by atoms with Gasteiger partial charge in [0.2, 0.25) is 0 Å². The summed E-state index contributed by atoms with van der Waals surface area (Å²) in [5, 5.41) is 5.90. The van der Waals surface area contributed by atoms with E-state index in [1.807, 2.05) is 12.1 Å². The minimum absolute atomic E-state index is 0.159. The van der Waals surface area contributed by atoms with Crippen molar-refractivity contribution in [2.24, 2.45) is 0 Å². The van der Waals surface area contributed by atoms with Crippen molar-refractivity contribution in [3.63, 3.8) is 0 Å². The van der Waals surface area contributed by atoms with Crippen molar-refractivity contribution in [3.05, 3.63) is 84.4 Å². The van der Waals surface area contributed by atoms with Crippen LogP contribution in [0.1, 0.15) is 26.3 Å². The van der Waals surface area contributed by atoms with E-state index in [0.29, 0.717) is 0 Å². The Morgan fingerprint density at radius 1 is 0.679 bits per heavy atom. The van der Waals surface area contributed by atoms with Gasteiger partial charge in [0.05, 0.1) is 0 Å². The third kappa shape index (κ3) is 2.82. The van der Waals surface area contributed by atoms with Gasteiger partial charge in [-0.05, 0) is 52.3 Å². The predicted molar refractivity (Wildman–Crippen MR) is 118 cm³/mol. The lowest BCUT2D eigenvalue weighted by molar-refractivity contribution is 0.487. The van der Waals surface area contributed by atoms with Crippen LogP contribution in [0.5, 0.6) is 11.5 Å². The average molecular weight is 365 g/mol. The van der Waals surface area contributed by atoms with Gasteiger partial charge in [0, 0.05) is 28.4 Å². The molecule has 1 N–H and O–H groups in total. The van der Waals surface area contributed by atoms with Gasteiger partial charge in [0.1, 0.15) is 11.5 Å². The van der Waals surface area contributed by atoms with Crippen LogP contribution in [-0.4, -0.2) is 0 Å². The van der Waals surface area contributed by atoms with Gasteiger partial charge in [-0.1, -0.05) is 63.2 Å². The summed E-state index contributed by atoms with van der Waals surface area (Å²) in [7, 11) is 0. The number of hydrogen-bond acceptors (Lipinski definition) is 2.